The Morgan fingerprint density at radius 1 is 1.29 bits per heavy atom. The number of carboxylic acids is 1. The summed E-state index contributed by atoms with van der Waals surface area (Å²) in [6, 6.07) is 6.74. The number of halogens is 1. The van der Waals surface area contributed by atoms with Crippen molar-refractivity contribution >= 4 is 18.4 Å². The van der Waals surface area contributed by atoms with Crippen LogP contribution in [0.25, 0.3) is 0 Å². The number of ether oxygens (including phenoxy) is 1. The molecular weight excluding hydrogens is 242 g/mol. The van der Waals surface area contributed by atoms with Gasteiger partial charge in [0, 0.05) is 13.1 Å². The lowest BCUT2D eigenvalue weighted by molar-refractivity contribution is 0.0687. The van der Waals surface area contributed by atoms with Gasteiger partial charge in [0.2, 0.25) is 0 Å². The van der Waals surface area contributed by atoms with Crippen LogP contribution in [-0.4, -0.2) is 35.8 Å². The van der Waals surface area contributed by atoms with Crippen LogP contribution in [0.15, 0.2) is 24.3 Å². The fourth-order valence-corrected chi connectivity index (χ4v) is 1.84. The monoisotopic (exact) mass is 257 g/mol. The van der Waals surface area contributed by atoms with Gasteiger partial charge in [0.25, 0.3) is 0 Å². The van der Waals surface area contributed by atoms with Gasteiger partial charge in [-0.1, -0.05) is 12.1 Å². The lowest BCUT2D eigenvalue weighted by Gasteiger charge is -2.16. The molecule has 0 unspecified atom stereocenters. The average molecular weight is 258 g/mol. The Kier molecular flexibility index (Phi) is 5.25. The van der Waals surface area contributed by atoms with Crippen LogP contribution in [0.4, 0.5) is 0 Å². The minimum absolute atomic E-state index is 0. The fraction of sp³-hybridized carbons (Fsp3) is 0.417. The van der Waals surface area contributed by atoms with Crippen molar-refractivity contribution in [3.8, 4) is 5.75 Å². The maximum absolute atomic E-state index is 10.9. The highest BCUT2D eigenvalue weighted by atomic mass is 35.5. The van der Waals surface area contributed by atoms with Gasteiger partial charge in [0.15, 0.2) is 0 Å². The number of nitrogens with zero attached hydrogens (tertiary/aromatic N) is 1. The van der Waals surface area contributed by atoms with E-state index >= 15 is 0 Å². The van der Waals surface area contributed by atoms with Gasteiger partial charge in [0.1, 0.15) is 18.0 Å². The van der Waals surface area contributed by atoms with Crippen molar-refractivity contribution < 1.29 is 14.6 Å². The summed E-state index contributed by atoms with van der Waals surface area (Å²) in [6.45, 7) is 2.55. The van der Waals surface area contributed by atoms with Crippen LogP contribution in [0.5, 0.6) is 5.75 Å². The number of likely N-dealkylation sites (tertiary alicyclic amines) is 1. The van der Waals surface area contributed by atoms with E-state index in [2.05, 4.69) is 4.90 Å². The number of carbonyl (C=O) groups is 1. The summed E-state index contributed by atoms with van der Waals surface area (Å²) in [4.78, 5) is 13.1. The highest BCUT2D eigenvalue weighted by molar-refractivity contribution is 5.90. The zero-order valence-corrected chi connectivity index (χ0v) is 10.3. The van der Waals surface area contributed by atoms with Gasteiger partial charge >= 0.3 is 5.97 Å². The van der Waals surface area contributed by atoms with Gasteiger partial charge in [-0.2, -0.15) is 0 Å². The smallest absolute Gasteiger partial charge is 0.339 e. The van der Waals surface area contributed by atoms with Gasteiger partial charge in [-0.05, 0) is 25.0 Å². The molecule has 1 aliphatic rings. The summed E-state index contributed by atoms with van der Waals surface area (Å²) >= 11 is 0. The van der Waals surface area contributed by atoms with Crippen LogP contribution >= 0.6 is 12.4 Å². The first-order valence-electron chi connectivity index (χ1n) is 5.45. The molecule has 0 atom stereocenters. The van der Waals surface area contributed by atoms with Gasteiger partial charge < -0.3 is 9.84 Å². The predicted octanol–water partition coefficient (Wildman–Crippen LogP) is 2.24. The average Bonchev–Trinajstić information content (AvgIpc) is 2.79. The molecule has 4 nitrogen and oxygen atoms in total. The lowest BCUT2D eigenvalue weighted by atomic mass is 10.2. The van der Waals surface area contributed by atoms with Crippen LogP contribution in [0.1, 0.15) is 23.2 Å². The molecule has 0 aliphatic carbocycles. The summed E-state index contributed by atoms with van der Waals surface area (Å²) in [5.74, 6) is -0.501. The van der Waals surface area contributed by atoms with E-state index in [0.717, 1.165) is 13.1 Å². The van der Waals surface area contributed by atoms with Crippen LogP contribution in [0.3, 0.4) is 0 Å². The molecular formula is C12H16ClNO3. The zero-order valence-electron chi connectivity index (χ0n) is 9.46. The fourth-order valence-electron chi connectivity index (χ4n) is 1.84. The van der Waals surface area contributed by atoms with Crippen molar-refractivity contribution in [1.82, 2.24) is 4.90 Å². The van der Waals surface area contributed by atoms with Crippen molar-refractivity contribution in [3.05, 3.63) is 29.8 Å². The Morgan fingerprint density at radius 3 is 2.59 bits per heavy atom. The number of carboxylic acid groups (broad SMARTS) is 1. The maximum Gasteiger partial charge on any atom is 0.339 e. The Balaban J connectivity index is 0.00000144. The highest BCUT2D eigenvalue weighted by Crippen LogP contribution is 2.18. The third-order valence-electron chi connectivity index (χ3n) is 2.72. The van der Waals surface area contributed by atoms with Crippen LogP contribution < -0.4 is 4.74 Å². The van der Waals surface area contributed by atoms with Crippen LogP contribution in [-0.2, 0) is 0 Å². The summed E-state index contributed by atoms with van der Waals surface area (Å²) in [5.41, 5.74) is 0.224. The van der Waals surface area contributed by atoms with Crippen molar-refractivity contribution in [3.63, 3.8) is 0 Å². The number of para-hydroxylation sites is 1. The first-order valence-corrected chi connectivity index (χ1v) is 5.45. The number of aromatic carboxylic acids is 1. The Morgan fingerprint density at radius 2 is 1.94 bits per heavy atom. The quantitative estimate of drug-likeness (QED) is 0.899. The molecule has 0 spiro atoms. The number of benzene rings is 1. The molecule has 5 heteroatoms. The topological polar surface area (TPSA) is 49.8 Å². The van der Waals surface area contributed by atoms with Crippen molar-refractivity contribution in [2.75, 3.05) is 19.8 Å². The van der Waals surface area contributed by atoms with E-state index in [9.17, 15) is 4.79 Å². The Bertz CT molecular complexity index is 378. The molecule has 1 fully saturated rings. The third kappa shape index (κ3) is 3.61. The minimum atomic E-state index is -0.947. The van der Waals surface area contributed by atoms with E-state index in [0.29, 0.717) is 12.5 Å². The number of hydrogen-bond acceptors (Lipinski definition) is 3. The summed E-state index contributed by atoms with van der Waals surface area (Å²) < 4.78 is 5.53. The molecule has 2 rings (SSSR count). The first-order chi connectivity index (χ1) is 7.77. The van der Waals surface area contributed by atoms with Crippen molar-refractivity contribution in [1.29, 1.82) is 0 Å². The highest BCUT2D eigenvalue weighted by Gasteiger charge is 2.14. The second-order valence-electron chi connectivity index (χ2n) is 3.90. The lowest BCUT2D eigenvalue weighted by Crippen LogP contribution is -2.25. The van der Waals surface area contributed by atoms with Crippen molar-refractivity contribution in [2.45, 2.75) is 12.8 Å². The first kappa shape index (κ1) is 13.8. The SMILES string of the molecule is Cl.O=C(O)c1ccccc1OCN1CCCC1. The molecule has 0 bridgehead atoms. The molecule has 1 aliphatic heterocycles. The van der Waals surface area contributed by atoms with E-state index in [4.69, 9.17) is 9.84 Å². The second-order valence-corrected chi connectivity index (χ2v) is 3.90. The predicted molar refractivity (Wildman–Crippen MR) is 67.0 cm³/mol. The number of hydrogen-bond donors (Lipinski definition) is 1. The minimum Gasteiger partial charge on any atom is -0.478 e. The second kappa shape index (κ2) is 6.47. The summed E-state index contributed by atoms with van der Waals surface area (Å²) in [6.07, 6.45) is 2.40. The van der Waals surface area contributed by atoms with Gasteiger partial charge in [-0.25, -0.2) is 4.79 Å². The van der Waals surface area contributed by atoms with E-state index in [1.54, 1.807) is 24.3 Å². The van der Waals surface area contributed by atoms with Gasteiger partial charge in [-0.3, -0.25) is 4.90 Å². The molecule has 1 N–H and O–H groups in total. The Labute approximate surface area is 107 Å². The zero-order chi connectivity index (χ0) is 11.4. The molecule has 1 heterocycles. The molecule has 1 aromatic carbocycles. The molecule has 0 radical (unpaired) electrons. The molecule has 0 saturated carbocycles. The number of rotatable bonds is 4. The maximum atomic E-state index is 10.9. The molecule has 1 aromatic rings. The standard InChI is InChI=1S/C12H15NO3.ClH/c14-12(15)10-5-1-2-6-11(10)16-9-13-7-3-4-8-13;/h1-2,5-6H,3-4,7-9H2,(H,14,15);1H. The normalized spacial score (nSPS) is 15.3. The van der Waals surface area contributed by atoms with Crippen LogP contribution in [0.2, 0.25) is 0 Å². The van der Waals surface area contributed by atoms with Crippen LogP contribution in [0, 0.1) is 0 Å². The molecule has 17 heavy (non-hydrogen) atoms. The largest absolute Gasteiger partial charge is 0.478 e. The molecule has 1 saturated heterocycles. The Hall–Kier alpha value is -1.26. The van der Waals surface area contributed by atoms with Crippen molar-refractivity contribution in [2.24, 2.45) is 0 Å². The van der Waals surface area contributed by atoms with Gasteiger partial charge in [-0.15, -0.1) is 12.4 Å². The van der Waals surface area contributed by atoms with E-state index in [1.165, 1.54) is 12.8 Å². The molecule has 0 aromatic heterocycles. The molecule has 94 valence electrons. The van der Waals surface area contributed by atoms with E-state index in [1.807, 2.05) is 0 Å². The van der Waals surface area contributed by atoms with Gasteiger partial charge in [0.05, 0.1) is 0 Å². The molecule has 0 amide bonds. The third-order valence-corrected chi connectivity index (χ3v) is 2.72. The van der Waals surface area contributed by atoms with E-state index < -0.39 is 5.97 Å². The summed E-state index contributed by atoms with van der Waals surface area (Å²) in [7, 11) is 0. The summed E-state index contributed by atoms with van der Waals surface area (Å²) in [5, 5.41) is 8.96. The van der Waals surface area contributed by atoms with E-state index in [-0.39, 0.29) is 18.0 Å².